The summed E-state index contributed by atoms with van der Waals surface area (Å²) in [6, 6.07) is 21.8. The molecule has 2 saturated heterocycles. The highest BCUT2D eigenvalue weighted by Crippen LogP contribution is 2.35. The van der Waals surface area contributed by atoms with Gasteiger partial charge in [0, 0.05) is 30.0 Å². The number of imide groups is 1. The number of nitrogens with zero attached hydrogens (tertiary/aromatic N) is 3. The third-order valence-corrected chi connectivity index (χ3v) is 7.62. The number of ether oxygens (including phenoxy) is 3. The lowest BCUT2D eigenvalue weighted by Crippen LogP contribution is -2.36. The number of methoxy groups -OCH3 is 1. The number of hydrogen-bond donors (Lipinski definition) is 1. The smallest absolute Gasteiger partial charge is 0.294 e. The van der Waals surface area contributed by atoms with Crippen LogP contribution in [0.3, 0.4) is 0 Å². The molecule has 3 amide bonds. The second-order valence-corrected chi connectivity index (χ2v) is 10.4. The van der Waals surface area contributed by atoms with Crippen LogP contribution >= 0.6 is 11.8 Å². The summed E-state index contributed by atoms with van der Waals surface area (Å²) < 4.78 is 16.7. The Hall–Kier alpha value is -4.79. The summed E-state index contributed by atoms with van der Waals surface area (Å²) in [4.78, 5) is 41.6. The Morgan fingerprint density at radius 1 is 1.07 bits per heavy atom. The number of nitriles is 1. The van der Waals surface area contributed by atoms with Gasteiger partial charge in [0.1, 0.15) is 13.2 Å². The van der Waals surface area contributed by atoms with Crippen LogP contribution < -0.4 is 19.7 Å². The number of thioether (sulfide) groups is 1. The van der Waals surface area contributed by atoms with E-state index in [0.717, 1.165) is 41.0 Å². The molecule has 0 unspecified atom stereocenters. The normalized spacial score (nSPS) is 16.0. The summed E-state index contributed by atoms with van der Waals surface area (Å²) in [5.41, 5.74) is 3.50. The average molecular weight is 585 g/mol. The number of nitrogens with one attached hydrogen (secondary N) is 1. The molecule has 5 rings (SSSR count). The highest BCUT2D eigenvalue weighted by atomic mass is 32.2. The minimum absolute atomic E-state index is 0.179. The summed E-state index contributed by atoms with van der Waals surface area (Å²) in [7, 11) is 1.50. The molecule has 0 saturated carbocycles. The monoisotopic (exact) mass is 584 g/mol. The number of morpholine rings is 1. The molecule has 0 atom stereocenters. The maximum Gasteiger partial charge on any atom is 0.294 e. The van der Waals surface area contributed by atoms with E-state index in [4.69, 9.17) is 14.2 Å². The first-order valence-electron chi connectivity index (χ1n) is 13.2. The molecule has 2 aliphatic heterocycles. The summed E-state index contributed by atoms with van der Waals surface area (Å²) in [5, 5.41) is 11.5. The molecular formula is C31H28N4O6S. The van der Waals surface area contributed by atoms with Gasteiger partial charge in [-0.3, -0.25) is 19.3 Å². The Balaban J connectivity index is 1.20. The number of benzene rings is 3. The van der Waals surface area contributed by atoms with Gasteiger partial charge in [0.05, 0.1) is 36.9 Å². The molecule has 2 fully saturated rings. The van der Waals surface area contributed by atoms with Gasteiger partial charge in [0.2, 0.25) is 5.91 Å². The number of carbonyl (C=O) groups excluding carboxylic acids is 3. The van der Waals surface area contributed by atoms with Gasteiger partial charge in [0.25, 0.3) is 11.1 Å². The molecule has 1 N–H and O–H groups in total. The van der Waals surface area contributed by atoms with Crippen molar-refractivity contribution in [3.63, 3.8) is 0 Å². The Kier molecular flexibility index (Phi) is 9.06. The van der Waals surface area contributed by atoms with Crippen molar-refractivity contribution in [1.82, 2.24) is 4.90 Å². The van der Waals surface area contributed by atoms with E-state index < -0.39 is 23.6 Å². The number of amides is 3. The number of carbonyl (C=O) groups is 3. The van der Waals surface area contributed by atoms with Crippen LogP contribution in [0.25, 0.3) is 6.08 Å². The molecule has 3 aromatic rings. The molecule has 214 valence electrons. The minimum Gasteiger partial charge on any atom is -0.493 e. The Bertz CT molecular complexity index is 1560. The van der Waals surface area contributed by atoms with E-state index in [1.165, 1.54) is 7.11 Å². The fraction of sp³-hybridized carbons (Fsp3) is 0.226. The van der Waals surface area contributed by atoms with Crippen LogP contribution in [0.2, 0.25) is 0 Å². The van der Waals surface area contributed by atoms with Crippen molar-refractivity contribution in [2.75, 3.05) is 50.2 Å². The summed E-state index contributed by atoms with van der Waals surface area (Å²) >= 11 is 0.772. The fourth-order valence-electron chi connectivity index (χ4n) is 4.51. The zero-order valence-electron chi connectivity index (χ0n) is 22.9. The SMILES string of the molecule is COc1cc(/C=C2\SC(=O)N(CC(=O)Nc3ccc(N4CCOCC4)cc3)C2=O)ccc1OCc1ccccc1C#N. The van der Waals surface area contributed by atoms with E-state index in [1.807, 2.05) is 24.3 Å². The lowest BCUT2D eigenvalue weighted by molar-refractivity contribution is -0.127. The molecule has 0 spiro atoms. The first-order chi connectivity index (χ1) is 20.4. The third kappa shape index (κ3) is 6.74. The maximum absolute atomic E-state index is 13.0. The largest absolute Gasteiger partial charge is 0.493 e. The zero-order chi connectivity index (χ0) is 29.5. The van der Waals surface area contributed by atoms with Gasteiger partial charge in [-0.05, 0) is 65.9 Å². The molecule has 2 aliphatic rings. The number of rotatable bonds is 9. The quantitative estimate of drug-likeness (QED) is 0.358. The van der Waals surface area contributed by atoms with Gasteiger partial charge in [0.15, 0.2) is 11.5 Å². The highest BCUT2D eigenvalue weighted by Gasteiger charge is 2.36. The Morgan fingerprint density at radius 3 is 2.57 bits per heavy atom. The molecule has 11 heteroatoms. The van der Waals surface area contributed by atoms with Gasteiger partial charge in [-0.1, -0.05) is 24.3 Å². The number of anilines is 2. The van der Waals surface area contributed by atoms with Crippen molar-refractivity contribution in [3.8, 4) is 17.6 Å². The van der Waals surface area contributed by atoms with E-state index in [0.29, 0.717) is 41.5 Å². The highest BCUT2D eigenvalue weighted by molar-refractivity contribution is 8.18. The zero-order valence-corrected chi connectivity index (χ0v) is 23.7. The molecular weight excluding hydrogens is 556 g/mol. The summed E-state index contributed by atoms with van der Waals surface area (Å²) in [5.74, 6) is -0.129. The van der Waals surface area contributed by atoms with E-state index in [2.05, 4.69) is 16.3 Å². The van der Waals surface area contributed by atoms with Crippen molar-refractivity contribution in [3.05, 3.63) is 88.3 Å². The molecule has 2 heterocycles. The van der Waals surface area contributed by atoms with Crippen LogP contribution in [-0.2, 0) is 20.9 Å². The maximum atomic E-state index is 13.0. The van der Waals surface area contributed by atoms with Crippen LogP contribution in [0, 0.1) is 11.3 Å². The van der Waals surface area contributed by atoms with Crippen LogP contribution in [0.15, 0.2) is 71.6 Å². The lowest BCUT2D eigenvalue weighted by Gasteiger charge is -2.28. The van der Waals surface area contributed by atoms with Gasteiger partial charge >= 0.3 is 0 Å². The minimum atomic E-state index is -0.546. The molecule has 0 aliphatic carbocycles. The second kappa shape index (κ2) is 13.2. The van der Waals surface area contributed by atoms with Crippen molar-refractivity contribution in [2.24, 2.45) is 0 Å². The van der Waals surface area contributed by atoms with Crippen molar-refractivity contribution in [1.29, 1.82) is 5.26 Å². The molecule has 42 heavy (non-hydrogen) atoms. The van der Waals surface area contributed by atoms with Crippen molar-refractivity contribution >= 4 is 46.3 Å². The third-order valence-electron chi connectivity index (χ3n) is 6.71. The lowest BCUT2D eigenvalue weighted by atomic mass is 10.1. The Labute approximate surface area is 247 Å². The molecule has 0 aromatic heterocycles. The van der Waals surface area contributed by atoms with Crippen molar-refractivity contribution in [2.45, 2.75) is 6.61 Å². The molecule has 0 bridgehead atoms. The number of hydrogen-bond acceptors (Lipinski definition) is 9. The predicted molar refractivity (Wildman–Crippen MR) is 159 cm³/mol. The summed E-state index contributed by atoms with van der Waals surface area (Å²) in [6.45, 7) is 2.75. The molecule has 0 radical (unpaired) electrons. The van der Waals surface area contributed by atoms with Crippen molar-refractivity contribution < 1.29 is 28.6 Å². The topological polar surface area (TPSA) is 121 Å². The molecule has 3 aromatic carbocycles. The van der Waals surface area contributed by atoms with E-state index in [9.17, 15) is 19.6 Å². The van der Waals surface area contributed by atoms with E-state index in [-0.39, 0.29) is 11.5 Å². The predicted octanol–water partition coefficient (Wildman–Crippen LogP) is 4.66. The van der Waals surface area contributed by atoms with E-state index in [1.54, 1.807) is 48.5 Å². The van der Waals surface area contributed by atoms with Crippen LogP contribution in [0.4, 0.5) is 16.2 Å². The van der Waals surface area contributed by atoms with Gasteiger partial charge < -0.3 is 24.4 Å². The first kappa shape index (κ1) is 28.7. The van der Waals surface area contributed by atoms with Crippen LogP contribution in [0.5, 0.6) is 11.5 Å². The fourth-order valence-corrected chi connectivity index (χ4v) is 5.35. The van der Waals surface area contributed by atoms with Gasteiger partial charge in [-0.15, -0.1) is 0 Å². The standard InChI is InChI=1S/C31H28N4O6S/c1-39-27-16-21(6-11-26(27)41-20-23-5-3-2-4-22(23)18-32)17-28-30(37)35(31(38)42-28)19-29(36)33-24-7-9-25(10-8-24)34-12-14-40-15-13-34/h2-11,16-17H,12-15,19-20H2,1H3,(H,33,36)/b28-17-. The van der Waals surface area contributed by atoms with Gasteiger partial charge in [-0.25, -0.2) is 0 Å². The van der Waals surface area contributed by atoms with E-state index >= 15 is 0 Å². The summed E-state index contributed by atoms with van der Waals surface area (Å²) in [6.07, 6.45) is 1.57. The molecule has 10 nitrogen and oxygen atoms in total. The first-order valence-corrected chi connectivity index (χ1v) is 14.0. The van der Waals surface area contributed by atoms with Crippen LogP contribution in [0.1, 0.15) is 16.7 Å². The average Bonchev–Trinajstić information content (AvgIpc) is 3.28. The second-order valence-electron chi connectivity index (χ2n) is 9.43. The Morgan fingerprint density at radius 2 is 1.83 bits per heavy atom. The van der Waals surface area contributed by atoms with Gasteiger partial charge in [-0.2, -0.15) is 5.26 Å². The van der Waals surface area contributed by atoms with Crippen LogP contribution in [-0.4, -0.2) is 61.9 Å².